The molecular formula is C15H30N2. The van der Waals surface area contributed by atoms with Crippen molar-refractivity contribution in [1.82, 2.24) is 10.2 Å². The maximum absolute atomic E-state index is 3.69. The molecule has 2 heteroatoms. The lowest BCUT2D eigenvalue weighted by Crippen LogP contribution is -2.64. The molecule has 0 amide bonds. The summed E-state index contributed by atoms with van der Waals surface area (Å²) in [4.78, 5) is 2.82. The minimum atomic E-state index is 0.440. The number of nitrogens with zero attached hydrogens (tertiary/aromatic N) is 1. The van der Waals surface area contributed by atoms with Gasteiger partial charge in [0.25, 0.3) is 0 Å². The highest BCUT2D eigenvalue weighted by atomic mass is 15.3. The van der Waals surface area contributed by atoms with E-state index in [-0.39, 0.29) is 0 Å². The van der Waals surface area contributed by atoms with Gasteiger partial charge in [0.15, 0.2) is 0 Å². The van der Waals surface area contributed by atoms with Crippen LogP contribution in [0.15, 0.2) is 0 Å². The highest BCUT2D eigenvalue weighted by Crippen LogP contribution is 2.32. The van der Waals surface area contributed by atoms with Crippen molar-refractivity contribution in [2.75, 3.05) is 19.6 Å². The Balaban J connectivity index is 2.02. The van der Waals surface area contributed by atoms with Crippen molar-refractivity contribution in [2.24, 2.45) is 5.92 Å². The van der Waals surface area contributed by atoms with Crippen LogP contribution in [0.25, 0.3) is 0 Å². The van der Waals surface area contributed by atoms with Gasteiger partial charge in [-0.1, -0.05) is 26.7 Å². The predicted molar refractivity (Wildman–Crippen MR) is 74.3 cm³/mol. The van der Waals surface area contributed by atoms with Crippen LogP contribution in [0.4, 0.5) is 0 Å². The average Bonchev–Trinajstić information content (AvgIpc) is 2.83. The van der Waals surface area contributed by atoms with Gasteiger partial charge in [0.1, 0.15) is 0 Å². The van der Waals surface area contributed by atoms with Gasteiger partial charge in [0.2, 0.25) is 0 Å². The Morgan fingerprint density at radius 1 is 1.18 bits per heavy atom. The van der Waals surface area contributed by atoms with Crippen molar-refractivity contribution in [3.05, 3.63) is 0 Å². The lowest BCUT2D eigenvalue weighted by Gasteiger charge is -2.50. The second-order valence-corrected chi connectivity index (χ2v) is 6.27. The molecule has 2 fully saturated rings. The van der Waals surface area contributed by atoms with Crippen molar-refractivity contribution in [3.63, 3.8) is 0 Å². The molecule has 1 unspecified atom stereocenters. The van der Waals surface area contributed by atoms with E-state index in [0.717, 1.165) is 5.92 Å². The maximum atomic E-state index is 3.69. The van der Waals surface area contributed by atoms with E-state index in [1.807, 2.05) is 0 Å². The zero-order valence-electron chi connectivity index (χ0n) is 12.0. The Bertz CT molecular complexity index is 229. The van der Waals surface area contributed by atoms with Crippen molar-refractivity contribution in [3.8, 4) is 0 Å². The van der Waals surface area contributed by atoms with Gasteiger partial charge in [-0.05, 0) is 38.5 Å². The number of hydrogen-bond donors (Lipinski definition) is 1. The molecule has 1 N–H and O–H groups in total. The Labute approximate surface area is 107 Å². The molecule has 0 spiro atoms. The molecule has 1 aliphatic carbocycles. The lowest BCUT2D eigenvalue weighted by molar-refractivity contribution is 0.0224. The van der Waals surface area contributed by atoms with Gasteiger partial charge in [-0.3, -0.25) is 4.90 Å². The predicted octanol–water partition coefficient (Wildman–Crippen LogP) is 3.03. The summed E-state index contributed by atoms with van der Waals surface area (Å²) in [5.41, 5.74) is 0.440. The fraction of sp³-hybridized carbons (Fsp3) is 1.00. The van der Waals surface area contributed by atoms with E-state index < -0.39 is 0 Å². The van der Waals surface area contributed by atoms with Gasteiger partial charge in [0.05, 0.1) is 0 Å². The third kappa shape index (κ3) is 2.85. The summed E-state index contributed by atoms with van der Waals surface area (Å²) < 4.78 is 0. The number of rotatable bonds is 4. The van der Waals surface area contributed by atoms with Crippen LogP contribution in [0.2, 0.25) is 0 Å². The zero-order chi connectivity index (χ0) is 12.3. The minimum absolute atomic E-state index is 0.440. The van der Waals surface area contributed by atoms with E-state index >= 15 is 0 Å². The molecular weight excluding hydrogens is 208 g/mol. The second-order valence-electron chi connectivity index (χ2n) is 6.27. The van der Waals surface area contributed by atoms with Gasteiger partial charge >= 0.3 is 0 Å². The smallest absolute Gasteiger partial charge is 0.0329 e. The summed E-state index contributed by atoms with van der Waals surface area (Å²) in [5.74, 6) is 0.984. The summed E-state index contributed by atoms with van der Waals surface area (Å²) >= 11 is 0. The van der Waals surface area contributed by atoms with Crippen LogP contribution in [0, 0.1) is 5.92 Å². The first-order valence-electron chi connectivity index (χ1n) is 7.68. The quantitative estimate of drug-likeness (QED) is 0.810. The summed E-state index contributed by atoms with van der Waals surface area (Å²) in [6, 6.07) is 0.669. The Morgan fingerprint density at radius 2 is 1.82 bits per heavy atom. The van der Waals surface area contributed by atoms with E-state index in [4.69, 9.17) is 0 Å². The average molecular weight is 238 g/mol. The summed E-state index contributed by atoms with van der Waals surface area (Å²) in [5, 5.41) is 3.69. The molecule has 1 aliphatic heterocycles. The molecule has 0 bridgehead atoms. The highest BCUT2D eigenvalue weighted by molar-refractivity contribution is 4.97. The monoisotopic (exact) mass is 238 g/mol. The molecule has 0 aromatic heterocycles. The summed E-state index contributed by atoms with van der Waals surface area (Å²) in [7, 11) is 0. The maximum Gasteiger partial charge on any atom is 0.0329 e. The van der Waals surface area contributed by atoms with E-state index in [1.165, 1.54) is 58.2 Å². The van der Waals surface area contributed by atoms with E-state index in [1.54, 1.807) is 0 Å². The van der Waals surface area contributed by atoms with Crippen LogP contribution >= 0.6 is 0 Å². The highest BCUT2D eigenvalue weighted by Gasteiger charge is 2.38. The Hall–Kier alpha value is -0.0800. The first kappa shape index (κ1) is 13.4. The standard InChI is InChI=1S/C15H30N2/c1-4-15(5-2)12-16-13(3)10-17(15)11-14-8-6-7-9-14/h13-14,16H,4-12H2,1-3H3. The molecule has 1 saturated heterocycles. The molecule has 1 heterocycles. The van der Waals surface area contributed by atoms with E-state index in [2.05, 4.69) is 31.0 Å². The zero-order valence-corrected chi connectivity index (χ0v) is 12.0. The molecule has 1 saturated carbocycles. The molecule has 1 atom stereocenters. The molecule has 0 radical (unpaired) electrons. The second kappa shape index (κ2) is 5.71. The topological polar surface area (TPSA) is 15.3 Å². The van der Waals surface area contributed by atoms with Crippen LogP contribution in [0.5, 0.6) is 0 Å². The third-order valence-electron chi connectivity index (χ3n) is 5.21. The third-order valence-corrected chi connectivity index (χ3v) is 5.21. The Morgan fingerprint density at radius 3 is 2.41 bits per heavy atom. The molecule has 100 valence electrons. The Kier molecular flexibility index (Phi) is 4.48. The van der Waals surface area contributed by atoms with Crippen LogP contribution in [-0.4, -0.2) is 36.1 Å². The van der Waals surface area contributed by atoms with Crippen molar-refractivity contribution in [2.45, 2.75) is 70.9 Å². The van der Waals surface area contributed by atoms with E-state index in [9.17, 15) is 0 Å². The van der Waals surface area contributed by atoms with Crippen molar-refractivity contribution < 1.29 is 0 Å². The van der Waals surface area contributed by atoms with Gasteiger partial charge < -0.3 is 5.32 Å². The fourth-order valence-corrected chi connectivity index (χ4v) is 3.78. The molecule has 17 heavy (non-hydrogen) atoms. The number of piperazine rings is 1. The molecule has 0 aromatic carbocycles. The van der Waals surface area contributed by atoms with Crippen LogP contribution in [0.3, 0.4) is 0 Å². The number of hydrogen-bond acceptors (Lipinski definition) is 2. The minimum Gasteiger partial charge on any atom is -0.311 e. The van der Waals surface area contributed by atoms with Gasteiger partial charge in [-0.25, -0.2) is 0 Å². The summed E-state index contributed by atoms with van der Waals surface area (Å²) in [6.07, 6.45) is 8.46. The molecule has 2 aliphatic rings. The lowest BCUT2D eigenvalue weighted by atomic mass is 9.86. The fourth-order valence-electron chi connectivity index (χ4n) is 3.78. The van der Waals surface area contributed by atoms with Gasteiger partial charge in [-0.15, -0.1) is 0 Å². The largest absolute Gasteiger partial charge is 0.311 e. The first-order valence-corrected chi connectivity index (χ1v) is 7.68. The van der Waals surface area contributed by atoms with Gasteiger partial charge in [-0.2, -0.15) is 0 Å². The van der Waals surface area contributed by atoms with Crippen molar-refractivity contribution in [1.29, 1.82) is 0 Å². The SMILES string of the molecule is CCC1(CC)CNC(C)CN1CC1CCCC1. The normalized spacial score (nSPS) is 30.9. The van der Waals surface area contributed by atoms with Crippen LogP contribution in [0.1, 0.15) is 59.3 Å². The van der Waals surface area contributed by atoms with E-state index in [0.29, 0.717) is 11.6 Å². The molecule has 2 nitrogen and oxygen atoms in total. The summed E-state index contributed by atoms with van der Waals surface area (Å²) in [6.45, 7) is 10.8. The molecule has 0 aromatic rings. The van der Waals surface area contributed by atoms with Crippen LogP contribution < -0.4 is 5.32 Å². The first-order chi connectivity index (χ1) is 8.20. The van der Waals surface area contributed by atoms with Crippen LogP contribution in [-0.2, 0) is 0 Å². The number of nitrogens with one attached hydrogen (secondary N) is 1. The van der Waals surface area contributed by atoms with Gasteiger partial charge in [0, 0.05) is 31.2 Å². The molecule has 2 rings (SSSR count). The van der Waals surface area contributed by atoms with Crippen molar-refractivity contribution >= 4 is 0 Å².